The molecular formula is C39H48BrN3O8. The van der Waals surface area contributed by atoms with Crippen LogP contribution in [0.25, 0.3) is 0 Å². The molecule has 1 unspecified atom stereocenters. The van der Waals surface area contributed by atoms with E-state index in [1.807, 2.05) is 60.7 Å². The SMILES string of the molecule is C=CCCC(=O)N[C@@H](COC)[C@@H](OC(=O)[C@@H]1[C@H]2O[C@@]3(CC2Br)[C@H](C(=O)N(CC=C)Cc2ccccc2)N(CCCCO)C(=O)[C@@H]13)c1ccccc1. The van der Waals surface area contributed by atoms with Crippen molar-refractivity contribution in [3.05, 3.63) is 97.1 Å². The van der Waals surface area contributed by atoms with Gasteiger partial charge in [-0.1, -0.05) is 88.7 Å². The van der Waals surface area contributed by atoms with E-state index in [1.165, 1.54) is 7.11 Å². The highest BCUT2D eigenvalue weighted by molar-refractivity contribution is 9.09. The second kappa shape index (κ2) is 17.6. The van der Waals surface area contributed by atoms with Gasteiger partial charge in [-0.25, -0.2) is 0 Å². The molecule has 2 aromatic rings. The number of allylic oxidation sites excluding steroid dienone is 1. The standard InChI is InChI=1S/C39H48BrN3O8/c1-4-6-19-30(45)41-29(25-49-3)33(27-17-11-8-12-18-27)50-38(48)31-32-36(46)43(21-13-14-22-44)35(39(32)23-28(40)34(31)51-39)37(47)42(20-5-2)24-26-15-9-7-10-16-26/h4-5,7-12,15-18,28-29,31-35,44H,1-2,6,13-14,19-25H2,3H3,(H,41,45)/t28?,29-,31-,32+,33-,34-,35-,39+/m0/s1. The normalized spacial score (nSPS) is 25.9. The first-order valence-electron chi connectivity index (χ1n) is 17.5. The zero-order valence-corrected chi connectivity index (χ0v) is 30.6. The van der Waals surface area contributed by atoms with Crippen molar-refractivity contribution in [2.24, 2.45) is 11.8 Å². The van der Waals surface area contributed by atoms with Gasteiger partial charge in [-0.15, -0.1) is 13.2 Å². The zero-order chi connectivity index (χ0) is 36.5. The molecule has 2 bridgehead atoms. The lowest BCUT2D eigenvalue weighted by atomic mass is 9.70. The number of carbonyl (C=O) groups excluding carboxylic acids is 4. The number of nitrogens with zero attached hydrogens (tertiary/aromatic N) is 2. The minimum absolute atomic E-state index is 0.0559. The zero-order valence-electron chi connectivity index (χ0n) is 29.0. The van der Waals surface area contributed by atoms with Crippen LogP contribution < -0.4 is 5.32 Å². The fourth-order valence-electron chi connectivity index (χ4n) is 7.80. The molecule has 3 amide bonds. The monoisotopic (exact) mass is 765 g/mol. The lowest BCUT2D eigenvalue weighted by Crippen LogP contribution is -2.56. The minimum atomic E-state index is -1.29. The van der Waals surface area contributed by atoms with Gasteiger partial charge in [-0.2, -0.15) is 0 Å². The van der Waals surface area contributed by atoms with E-state index >= 15 is 0 Å². The molecule has 3 fully saturated rings. The first-order valence-corrected chi connectivity index (χ1v) is 18.4. The van der Waals surface area contributed by atoms with E-state index in [4.69, 9.17) is 14.2 Å². The predicted octanol–water partition coefficient (Wildman–Crippen LogP) is 4.10. The van der Waals surface area contributed by atoms with E-state index in [2.05, 4.69) is 34.4 Å². The highest BCUT2D eigenvalue weighted by atomic mass is 79.9. The smallest absolute Gasteiger partial charge is 0.313 e. The predicted molar refractivity (Wildman–Crippen MR) is 194 cm³/mol. The van der Waals surface area contributed by atoms with Crippen LogP contribution in [0.2, 0.25) is 0 Å². The third-order valence-corrected chi connectivity index (χ3v) is 10.8. The molecule has 0 aliphatic carbocycles. The number of hydrogen-bond donors (Lipinski definition) is 2. The maximum atomic E-state index is 14.7. The molecule has 2 N–H and O–H groups in total. The fraction of sp³-hybridized carbons (Fsp3) is 0.487. The summed E-state index contributed by atoms with van der Waals surface area (Å²) < 4.78 is 18.5. The maximum absolute atomic E-state index is 14.7. The number of nitrogens with one attached hydrogen (secondary N) is 1. The van der Waals surface area contributed by atoms with E-state index in [1.54, 1.807) is 22.0 Å². The number of amides is 3. The molecule has 3 aliphatic rings. The van der Waals surface area contributed by atoms with Gasteiger partial charge in [-0.05, 0) is 36.8 Å². The van der Waals surface area contributed by atoms with E-state index in [-0.39, 0.29) is 55.3 Å². The van der Waals surface area contributed by atoms with Gasteiger partial charge in [0.1, 0.15) is 17.7 Å². The number of benzene rings is 2. The summed E-state index contributed by atoms with van der Waals surface area (Å²) in [6, 6.07) is 16.9. The molecule has 8 atom stereocenters. The molecule has 2 aromatic carbocycles. The van der Waals surface area contributed by atoms with E-state index in [0.717, 1.165) is 5.56 Å². The van der Waals surface area contributed by atoms with Crippen molar-refractivity contribution in [2.75, 3.05) is 33.4 Å². The van der Waals surface area contributed by atoms with Gasteiger partial charge in [0, 0.05) is 44.6 Å². The fourth-order valence-corrected chi connectivity index (χ4v) is 8.75. The summed E-state index contributed by atoms with van der Waals surface area (Å²) in [6.07, 6.45) is 3.56. The van der Waals surface area contributed by atoms with Gasteiger partial charge in [0.15, 0.2) is 0 Å². The van der Waals surface area contributed by atoms with Crippen molar-refractivity contribution in [1.29, 1.82) is 0 Å². The molecule has 5 rings (SSSR count). The number of aliphatic hydroxyl groups is 1. The number of rotatable bonds is 19. The summed E-state index contributed by atoms with van der Waals surface area (Å²) in [4.78, 5) is 59.6. The number of ether oxygens (including phenoxy) is 3. The second-order valence-electron chi connectivity index (χ2n) is 13.3. The lowest BCUT2D eigenvalue weighted by molar-refractivity contribution is -0.163. The number of aliphatic hydroxyl groups excluding tert-OH is 1. The van der Waals surface area contributed by atoms with Crippen LogP contribution in [0.4, 0.5) is 0 Å². The number of likely N-dealkylation sites (tertiary alicyclic amines) is 1. The molecule has 3 saturated heterocycles. The van der Waals surface area contributed by atoms with Crippen molar-refractivity contribution in [2.45, 2.75) is 73.4 Å². The third kappa shape index (κ3) is 8.14. The van der Waals surface area contributed by atoms with Gasteiger partial charge < -0.3 is 34.4 Å². The van der Waals surface area contributed by atoms with Crippen LogP contribution in [0.3, 0.4) is 0 Å². The number of methoxy groups -OCH3 is 1. The number of halogens is 1. The highest BCUT2D eigenvalue weighted by Gasteiger charge is 2.77. The molecular weight excluding hydrogens is 718 g/mol. The van der Waals surface area contributed by atoms with Gasteiger partial charge in [-0.3, -0.25) is 19.2 Å². The first-order chi connectivity index (χ1) is 24.7. The number of hydrogen-bond acceptors (Lipinski definition) is 8. The van der Waals surface area contributed by atoms with Gasteiger partial charge >= 0.3 is 5.97 Å². The van der Waals surface area contributed by atoms with Crippen molar-refractivity contribution in [1.82, 2.24) is 15.1 Å². The van der Waals surface area contributed by atoms with Crippen LogP contribution in [0.15, 0.2) is 86.0 Å². The largest absolute Gasteiger partial charge is 0.455 e. The number of unbranched alkanes of at least 4 members (excludes halogenated alkanes) is 1. The molecule has 1 spiro atoms. The van der Waals surface area contributed by atoms with Crippen LogP contribution in [0, 0.1) is 11.8 Å². The Morgan fingerprint density at radius 3 is 2.47 bits per heavy atom. The lowest BCUT2D eigenvalue weighted by Gasteiger charge is -2.37. The minimum Gasteiger partial charge on any atom is -0.455 e. The summed E-state index contributed by atoms with van der Waals surface area (Å²) in [6.45, 7) is 8.32. The van der Waals surface area contributed by atoms with Crippen molar-refractivity contribution in [3.63, 3.8) is 0 Å². The maximum Gasteiger partial charge on any atom is 0.313 e. The average molecular weight is 767 g/mol. The van der Waals surface area contributed by atoms with Crippen LogP contribution >= 0.6 is 15.9 Å². The Hall–Kier alpha value is -3.84. The van der Waals surface area contributed by atoms with Crippen LogP contribution in [-0.2, 0) is 39.9 Å². The van der Waals surface area contributed by atoms with Crippen LogP contribution in [0.1, 0.15) is 49.3 Å². The highest BCUT2D eigenvalue weighted by Crippen LogP contribution is 2.60. The Labute approximate surface area is 308 Å². The summed E-state index contributed by atoms with van der Waals surface area (Å²) in [5, 5.41) is 12.5. The van der Waals surface area contributed by atoms with E-state index < -0.39 is 47.7 Å². The molecule has 0 saturated carbocycles. The Balaban J connectivity index is 1.49. The summed E-state index contributed by atoms with van der Waals surface area (Å²) >= 11 is 3.74. The summed E-state index contributed by atoms with van der Waals surface area (Å²) in [7, 11) is 1.50. The first kappa shape index (κ1) is 38.4. The Morgan fingerprint density at radius 1 is 1.12 bits per heavy atom. The molecule has 3 aliphatic heterocycles. The Bertz CT molecular complexity index is 1540. The topological polar surface area (TPSA) is 135 Å². The molecule has 0 radical (unpaired) electrons. The van der Waals surface area contributed by atoms with Crippen molar-refractivity contribution >= 4 is 39.6 Å². The molecule has 51 heavy (non-hydrogen) atoms. The number of carbonyl (C=O) groups is 4. The molecule has 12 heteroatoms. The van der Waals surface area contributed by atoms with Gasteiger partial charge in [0.2, 0.25) is 17.7 Å². The second-order valence-corrected chi connectivity index (χ2v) is 14.5. The Morgan fingerprint density at radius 2 is 1.82 bits per heavy atom. The molecule has 11 nitrogen and oxygen atoms in total. The average Bonchev–Trinajstić information content (AvgIpc) is 3.73. The van der Waals surface area contributed by atoms with Crippen molar-refractivity contribution < 1.29 is 38.5 Å². The third-order valence-electron chi connectivity index (χ3n) is 9.98. The summed E-state index contributed by atoms with van der Waals surface area (Å²) in [5.41, 5.74) is 0.269. The van der Waals surface area contributed by atoms with E-state index in [9.17, 15) is 24.3 Å². The number of fused-ring (bicyclic) bond motifs is 1. The summed E-state index contributed by atoms with van der Waals surface area (Å²) in [5.74, 6) is -3.55. The number of esters is 1. The molecule has 3 heterocycles. The molecule has 274 valence electrons. The van der Waals surface area contributed by atoms with Crippen LogP contribution in [0.5, 0.6) is 0 Å². The quantitative estimate of drug-likeness (QED) is 0.0946. The van der Waals surface area contributed by atoms with E-state index in [0.29, 0.717) is 37.8 Å². The van der Waals surface area contributed by atoms with Crippen molar-refractivity contribution in [3.8, 4) is 0 Å². The number of alkyl halides is 1. The van der Waals surface area contributed by atoms with Gasteiger partial charge in [0.25, 0.3) is 0 Å². The van der Waals surface area contributed by atoms with Crippen LogP contribution in [-0.4, -0.2) is 101 Å². The molecule has 0 aromatic heterocycles. The van der Waals surface area contributed by atoms with Gasteiger partial charge in [0.05, 0.1) is 30.6 Å². The Kier molecular flexibility index (Phi) is 13.2.